The third-order valence-corrected chi connectivity index (χ3v) is 6.85. The van der Waals surface area contributed by atoms with Crippen molar-refractivity contribution in [3.63, 3.8) is 0 Å². The summed E-state index contributed by atoms with van der Waals surface area (Å²) in [6.07, 6.45) is 3.38. The molecule has 0 aromatic heterocycles. The van der Waals surface area contributed by atoms with Crippen molar-refractivity contribution in [2.45, 2.75) is 36.6 Å². The van der Waals surface area contributed by atoms with Crippen molar-refractivity contribution >= 4 is 21.8 Å². The second-order valence-electron chi connectivity index (χ2n) is 7.33. The summed E-state index contributed by atoms with van der Waals surface area (Å²) in [5, 5.41) is 0. The van der Waals surface area contributed by atoms with E-state index in [-0.39, 0.29) is 22.8 Å². The Morgan fingerprint density at radius 1 is 1.12 bits per heavy atom. The van der Waals surface area contributed by atoms with E-state index >= 15 is 0 Å². The van der Waals surface area contributed by atoms with Gasteiger partial charge in [0, 0.05) is 43.7 Å². The fourth-order valence-corrected chi connectivity index (χ4v) is 5.35. The van der Waals surface area contributed by atoms with E-state index in [0.29, 0.717) is 43.9 Å². The molecule has 0 saturated carbocycles. The van der Waals surface area contributed by atoms with E-state index in [1.54, 1.807) is 18.2 Å². The topological polar surface area (TPSA) is 96.1 Å². The smallest absolute Gasteiger partial charge is 0.285 e. The highest BCUT2D eigenvalue weighted by atomic mass is 32.2. The number of nitrogens with two attached hydrogens (primary N) is 1. The average Bonchev–Trinajstić information content (AvgIpc) is 2.93. The largest absolute Gasteiger partial charge is 0.355 e. The predicted octanol–water partition coefficient (Wildman–Crippen LogP) is 0.797. The zero-order chi connectivity index (χ0) is 18.3. The number of amidine groups is 1. The van der Waals surface area contributed by atoms with Crippen molar-refractivity contribution in [2.24, 2.45) is 16.0 Å². The van der Waals surface area contributed by atoms with E-state index in [1.807, 2.05) is 15.9 Å². The average molecular weight is 376 g/mol. The highest BCUT2D eigenvalue weighted by Gasteiger charge is 2.35. The maximum absolute atomic E-state index is 12.8. The van der Waals surface area contributed by atoms with Gasteiger partial charge in [-0.3, -0.25) is 4.79 Å². The van der Waals surface area contributed by atoms with E-state index in [0.717, 1.165) is 19.4 Å². The van der Waals surface area contributed by atoms with Crippen molar-refractivity contribution in [2.75, 3.05) is 26.2 Å². The van der Waals surface area contributed by atoms with E-state index in [1.165, 1.54) is 0 Å². The van der Waals surface area contributed by atoms with E-state index < -0.39 is 10.0 Å². The van der Waals surface area contributed by atoms with Crippen LogP contribution in [0.4, 0.5) is 0 Å². The molecule has 2 saturated heterocycles. The van der Waals surface area contributed by atoms with Crippen LogP contribution in [-0.4, -0.2) is 62.2 Å². The van der Waals surface area contributed by atoms with Gasteiger partial charge in [-0.25, -0.2) is 0 Å². The molecule has 3 heterocycles. The molecule has 4 rings (SSSR count). The highest BCUT2D eigenvalue weighted by Crippen LogP contribution is 2.30. The number of sulfonamides is 1. The lowest BCUT2D eigenvalue weighted by atomic mass is 9.93. The fourth-order valence-electron chi connectivity index (χ4n) is 4.12. The second kappa shape index (κ2) is 6.66. The Morgan fingerprint density at radius 3 is 2.58 bits per heavy atom. The molecule has 0 spiro atoms. The number of fused-ring (bicyclic) bond motifs is 1. The lowest BCUT2D eigenvalue weighted by Gasteiger charge is -2.37. The first-order chi connectivity index (χ1) is 12.5. The molecule has 140 valence electrons. The van der Waals surface area contributed by atoms with Gasteiger partial charge >= 0.3 is 0 Å². The van der Waals surface area contributed by atoms with Crippen molar-refractivity contribution in [3.05, 3.63) is 29.8 Å². The molecule has 2 fully saturated rings. The third-order valence-electron chi connectivity index (χ3n) is 5.53. The van der Waals surface area contributed by atoms with Crippen LogP contribution in [-0.2, 0) is 14.8 Å². The van der Waals surface area contributed by atoms with Crippen LogP contribution in [0.15, 0.2) is 33.6 Å². The van der Waals surface area contributed by atoms with Crippen LogP contribution in [0.25, 0.3) is 0 Å². The Morgan fingerprint density at radius 2 is 1.85 bits per heavy atom. The van der Waals surface area contributed by atoms with Gasteiger partial charge in [-0.05, 0) is 37.8 Å². The Hall–Kier alpha value is -1.93. The van der Waals surface area contributed by atoms with Gasteiger partial charge in [-0.2, -0.15) is 8.42 Å². The first-order valence-corrected chi connectivity index (χ1v) is 10.6. The zero-order valence-corrected chi connectivity index (χ0v) is 15.5. The molecule has 3 aliphatic heterocycles. The van der Waals surface area contributed by atoms with E-state index in [4.69, 9.17) is 5.73 Å². The lowest BCUT2D eigenvalue weighted by molar-refractivity contribution is -0.138. The normalized spacial score (nSPS) is 25.7. The zero-order valence-electron chi connectivity index (χ0n) is 14.7. The Kier molecular flexibility index (Phi) is 4.48. The van der Waals surface area contributed by atoms with Crippen LogP contribution >= 0.6 is 0 Å². The van der Waals surface area contributed by atoms with Crippen LogP contribution in [0.2, 0.25) is 0 Å². The van der Waals surface area contributed by atoms with Crippen molar-refractivity contribution in [1.82, 2.24) is 9.80 Å². The predicted molar refractivity (Wildman–Crippen MR) is 98.3 cm³/mol. The van der Waals surface area contributed by atoms with Gasteiger partial charge < -0.3 is 15.5 Å². The Balaban J connectivity index is 1.44. The summed E-state index contributed by atoms with van der Waals surface area (Å²) in [4.78, 5) is 16.9. The number of carbonyl (C=O) groups excluding carboxylic acids is 1. The first-order valence-electron chi connectivity index (χ1n) is 9.19. The summed E-state index contributed by atoms with van der Waals surface area (Å²) >= 11 is 0. The molecule has 7 nitrogen and oxygen atoms in total. The fraction of sp³-hybridized carbons (Fsp3) is 0.556. The number of hydrogen-bond acceptors (Lipinski definition) is 5. The van der Waals surface area contributed by atoms with Crippen molar-refractivity contribution < 1.29 is 13.2 Å². The van der Waals surface area contributed by atoms with Gasteiger partial charge in [0.1, 0.15) is 4.90 Å². The minimum Gasteiger partial charge on any atom is -0.355 e. The number of benzene rings is 1. The van der Waals surface area contributed by atoms with Crippen LogP contribution in [0.3, 0.4) is 0 Å². The van der Waals surface area contributed by atoms with E-state index in [9.17, 15) is 13.2 Å². The Labute approximate surface area is 153 Å². The summed E-state index contributed by atoms with van der Waals surface area (Å²) in [5.41, 5.74) is 6.66. The summed E-state index contributed by atoms with van der Waals surface area (Å²) < 4.78 is 28.4. The minimum absolute atomic E-state index is 0.00889. The van der Waals surface area contributed by atoms with Crippen LogP contribution in [0.1, 0.15) is 31.2 Å². The summed E-state index contributed by atoms with van der Waals surface area (Å²) in [6.45, 7) is 2.72. The summed E-state index contributed by atoms with van der Waals surface area (Å²) in [7, 11) is -3.60. The van der Waals surface area contributed by atoms with Gasteiger partial charge in [-0.1, -0.05) is 12.1 Å². The number of piperidine rings is 2. The molecule has 8 heteroatoms. The molecule has 2 N–H and O–H groups in total. The summed E-state index contributed by atoms with van der Waals surface area (Å²) in [6, 6.07) is 7.01. The highest BCUT2D eigenvalue weighted by molar-refractivity contribution is 7.90. The minimum atomic E-state index is -3.60. The first kappa shape index (κ1) is 17.5. The molecule has 26 heavy (non-hydrogen) atoms. The number of hydrogen-bond donors (Lipinski definition) is 1. The van der Waals surface area contributed by atoms with Gasteiger partial charge in [0.25, 0.3) is 10.0 Å². The summed E-state index contributed by atoms with van der Waals surface area (Å²) in [5.74, 6) is 0.707. The molecule has 0 bridgehead atoms. The molecule has 3 aliphatic rings. The maximum atomic E-state index is 12.8. The molecule has 1 amide bonds. The standard InChI is InChI=1S/C18H24N4O3S/c19-14-4-3-9-22(12-14)18(23)13-7-10-21(11-8-13)17-15-5-1-2-6-16(15)26(24,25)20-17/h1-2,5-6,13-14H,3-4,7-12,19H2. The van der Waals surface area contributed by atoms with Crippen molar-refractivity contribution in [3.8, 4) is 0 Å². The second-order valence-corrected chi connectivity index (χ2v) is 8.91. The van der Waals surface area contributed by atoms with Crippen molar-refractivity contribution in [1.29, 1.82) is 0 Å². The molecule has 1 aromatic rings. The van der Waals surface area contributed by atoms with E-state index in [2.05, 4.69) is 4.40 Å². The van der Waals surface area contributed by atoms with Gasteiger partial charge in [-0.15, -0.1) is 4.40 Å². The third kappa shape index (κ3) is 3.12. The quantitative estimate of drug-likeness (QED) is 0.782. The number of rotatable bonds is 1. The molecule has 0 radical (unpaired) electrons. The SMILES string of the molecule is NC1CCCN(C(=O)C2CCN(C3=NS(=O)(=O)c4ccccc43)CC2)C1. The molecular formula is C18H24N4O3S. The molecule has 1 atom stereocenters. The molecule has 1 unspecified atom stereocenters. The van der Waals surface area contributed by atoms with Gasteiger partial charge in [0.15, 0.2) is 5.84 Å². The number of nitrogens with zero attached hydrogens (tertiary/aromatic N) is 3. The monoisotopic (exact) mass is 376 g/mol. The molecule has 1 aromatic carbocycles. The van der Waals surface area contributed by atoms with Crippen LogP contribution in [0.5, 0.6) is 0 Å². The lowest BCUT2D eigenvalue weighted by Crippen LogP contribution is -2.50. The maximum Gasteiger partial charge on any atom is 0.285 e. The number of carbonyl (C=O) groups is 1. The van der Waals surface area contributed by atoms with Gasteiger partial charge in [0.05, 0.1) is 0 Å². The Bertz CT molecular complexity index is 844. The van der Waals surface area contributed by atoms with Crippen LogP contribution in [0, 0.1) is 5.92 Å². The van der Waals surface area contributed by atoms with Crippen LogP contribution < -0.4 is 5.73 Å². The number of likely N-dealkylation sites (tertiary alicyclic amines) is 2. The molecule has 0 aliphatic carbocycles. The number of amides is 1. The van der Waals surface area contributed by atoms with Gasteiger partial charge in [0.2, 0.25) is 5.91 Å². The molecular weight excluding hydrogens is 352 g/mol.